The lowest BCUT2D eigenvalue weighted by molar-refractivity contribution is 0.0946. The molecule has 3 aromatic rings. The Kier molecular flexibility index (Phi) is 3.77. The third-order valence-corrected chi connectivity index (χ3v) is 3.39. The van der Waals surface area contributed by atoms with Crippen molar-refractivity contribution in [2.75, 3.05) is 0 Å². The van der Waals surface area contributed by atoms with Gasteiger partial charge in [-0.05, 0) is 23.8 Å². The van der Waals surface area contributed by atoms with Gasteiger partial charge in [0.25, 0.3) is 5.91 Å². The largest absolute Gasteiger partial charge is 0.347 e. The van der Waals surface area contributed by atoms with Gasteiger partial charge in [0.2, 0.25) is 0 Å². The van der Waals surface area contributed by atoms with E-state index in [4.69, 9.17) is 23.2 Å². The molecule has 1 N–H and O–H groups in total. The van der Waals surface area contributed by atoms with Crippen LogP contribution in [-0.4, -0.2) is 20.3 Å². The van der Waals surface area contributed by atoms with Gasteiger partial charge in [-0.2, -0.15) is 0 Å². The van der Waals surface area contributed by atoms with Gasteiger partial charge in [-0.3, -0.25) is 9.78 Å². The molecule has 0 atom stereocenters. The van der Waals surface area contributed by atoms with Gasteiger partial charge in [0.1, 0.15) is 5.69 Å². The first-order chi connectivity index (χ1) is 10.1. The molecule has 0 aliphatic rings. The van der Waals surface area contributed by atoms with Crippen LogP contribution < -0.4 is 5.32 Å². The first-order valence-corrected chi connectivity index (χ1v) is 6.90. The Morgan fingerprint density at radius 1 is 1.24 bits per heavy atom. The number of nitrogens with zero attached hydrogens (tertiary/aromatic N) is 3. The van der Waals surface area contributed by atoms with Gasteiger partial charge in [-0.1, -0.05) is 23.2 Å². The molecule has 5 nitrogen and oxygen atoms in total. The van der Waals surface area contributed by atoms with Crippen LogP contribution in [0.25, 0.3) is 5.65 Å². The van der Waals surface area contributed by atoms with Gasteiger partial charge in [-0.15, -0.1) is 0 Å². The second-order valence-electron chi connectivity index (χ2n) is 4.40. The van der Waals surface area contributed by atoms with Crippen LogP contribution in [0.1, 0.15) is 16.1 Å². The number of aromatic nitrogens is 3. The fourth-order valence-corrected chi connectivity index (χ4v) is 2.43. The van der Waals surface area contributed by atoms with E-state index in [2.05, 4.69) is 15.3 Å². The number of hydrogen-bond acceptors (Lipinski definition) is 3. The molecule has 3 rings (SSSR count). The van der Waals surface area contributed by atoms with Crippen LogP contribution in [0.5, 0.6) is 0 Å². The molecular formula is C14H10Cl2N4O. The second-order valence-corrected chi connectivity index (χ2v) is 5.25. The highest BCUT2D eigenvalue weighted by Gasteiger charge is 2.12. The van der Waals surface area contributed by atoms with Gasteiger partial charge in [0.15, 0.2) is 5.65 Å². The number of nitrogens with one attached hydrogen (secondary N) is 1. The van der Waals surface area contributed by atoms with Crippen molar-refractivity contribution in [1.82, 2.24) is 19.7 Å². The molecule has 0 bridgehead atoms. The standard InChI is InChI=1S/C14H10Cl2N4O/c15-10-5-11(16)13-19-12(8-20(13)7-10)14(21)18-6-9-1-3-17-4-2-9/h1-5,7-8H,6H2,(H,18,21). The van der Waals surface area contributed by atoms with Crippen LogP contribution in [0, 0.1) is 0 Å². The highest BCUT2D eigenvalue weighted by Crippen LogP contribution is 2.21. The highest BCUT2D eigenvalue weighted by molar-refractivity contribution is 6.36. The van der Waals surface area contributed by atoms with E-state index >= 15 is 0 Å². The van der Waals surface area contributed by atoms with Crippen LogP contribution in [0.4, 0.5) is 0 Å². The minimum atomic E-state index is -0.275. The smallest absolute Gasteiger partial charge is 0.271 e. The van der Waals surface area contributed by atoms with E-state index < -0.39 is 0 Å². The van der Waals surface area contributed by atoms with E-state index in [1.807, 2.05) is 12.1 Å². The van der Waals surface area contributed by atoms with Crippen molar-refractivity contribution in [1.29, 1.82) is 0 Å². The number of hydrogen-bond donors (Lipinski definition) is 1. The molecule has 0 unspecified atom stereocenters. The van der Waals surface area contributed by atoms with Crippen LogP contribution in [0.2, 0.25) is 10.0 Å². The Morgan fingerprint density at radius 3 is 2.76 bits per heavy atom. The Morgan fingerprint density at radius 2 is 2.00 bits per heavy atom. The first kappa shape index (κ1) is 13.9. The minimum Gasteiger partial charge on any atom is -0.347 e. The molecule has 0 aliphatic heterocycles. The Labute approximate surface area is 130 Å². The predicted octanol–water partition coefficient (Wildman–Crippen LogP) is 2.97. The number of imidazole rings is 1. The van der Waals surface area contributed by atoms with E-state index in [-0.39, 0.29) is 11.6 Å². The van der Waals surface area contributed by atoms with Gasteiger partial charge in [0, 0.05) is 31.3 Å². The Balaban J connectivity index is 1.80. The molecule has 0 aromatic carbocycles. The number of carbonyl (C=O) groups is 1. The fourth-order valence-electron chi connectivity index (χ4n) is 1.91. The molecule has 106 valence electrons. The average Bonchev–Trinajstić information content (AvgIpc) is 2.90. The topological polar surface area (TPSA) is 59.3 Å². The molecule has 0 aliphatic carbocycles. The molecule has 0 radical (unpaired) electrons. The van der Waals surface area contributed by atoms with Crippen molar-refractivity contribution in [3.8, 4) is 0 Å². The normalized spacial score (nSPS) is 10.8. The molecule has 3 aromatic heterocycles. The minimum absolute atomic E-state index is 0.275. The maximum Gasteiger partial charge on any atom is 0.271 e. The zero-order valence-corrected chi connectivity index (χ0v) is 12.3. The van der Waals surface area contributed by atoms with Gasteiger partial charge < -0.3 is 9.72 Å². The predicted molar refractivity (Wildman–Crippen MR) is 80.6 cm³/mol. The van der Waals surface area contributed by atoms with Crippen molar-refractivity contribution in [2.24, 2.45) is 0 Å². The third kappa shape index (κ3) is 2.99. The third-order valence-electron chi connectivity index (χ3n) is 2.91. The summed E-state index contributed by atoms with van der Waals surface area (Å²) in [6.07, 6.45) is 6.59. The number of amides is 1. The molecule has 3 heterocycles. The summed E-state index contributed by atoms with van der Waals surface area (Å²) in [5.41, 5.74) is 1.74. The monoisotopic (exact) mass is 320 g/mol. The first-order valence-electron chi connectivity index (χ1n) is 6.14. The van der Waals surface area contributed by atoms with Crippen LogP contribution in [0.15, 0.2) is 43.0 Å². The maximum absolute atomic E-state index is 12.1. The quantitative estimate of drug-likeness (QED) is 0.807. The summed E-state index contributed by atoms with van der Waals surface area (Å²) >= 11 is 12.0. The Hall–Kier alpha value is -2.11. The molecule has 21 heavy (non-hydrogen) atoms. The molecule has 0 saturated carbocycles. The summed E-state index contributed by atoms with van der Waals surface area (Å²) in [4.78, 5) is 20.2. The molecule has 0 fully saturated rings. The maximum atomic E-state index is 12.1. The molecule has 1 amide bonds. The number of rotatable bonds is 3. The number of carbonyl (C=O) groups excluding carboxylic acids is 1. The summed E-state index contributed by atoms with van der Waals surface area (Å²) in [5, 5.41) is 3.67. The number of pyridine rings is 2. The van der Waals surface area contributed by atoms with Crippen molar-refractivity contribution in [3.05, 3.63) is 64.3 Å². The molecular weight excluding hydrogens is 311 g/mol. The summed E-state index contributed by atoms with van der Waals surface area (Å²) in [6.45, 7) is 0.406. The van der Waals surface area contributed by atoms with E-state index in [0.29, 0.717) is 22.2 Å². The van der Waals surface area contributed by atoms with E-state index in [9.17, 15) is 4.79 Å². The van der Waals surface area contributed by atoms with E-state index in [0.717, 1.165) is 5.56 Å². The van der Waals surface area contributed by atoms with Crippen molar-refractivity contribution in [3.63, 3.8) is 0 Å². The fraction of sp³-hybridized carbons (Fsp3) is 0.0714. The van der Waals surface area contributed by atoms with E-state index in [1.54, 1.807) is 35.3 Å². The molecule has 0 spiro atoms. The summed E-state index contributed by atoms with van der Waals surface area (Å²) < 4.78 is 1.63. The second kappa shape index (κ2) is 5.71. The zero-order chi connectivity index (χ0) is 14.8. The average molecular weight is 321 g/mol. The van der Waals surface area contributed by atoms with Crippen molar-refractivity contribution in [2.45, 2.75) is 6.54 Å². The number of halogens is 2. The van der Waals surface area contributed by atoms with Gasteiger partial charge in [0.05, 0.1) is 10.0 Å². The van der Waals surface area contributed by atoms with Crippen LogP contribution >= 0.6 is 23.2 Å². The van der Waals surface area contributed by atoms with Crippen molar-refractivity contribution < 1.29 is 4.79 Å². The SMILES string of the molecule is O=C(NCc1ccncc1)c1cn2cc(Cl)cc(Cl)c2n1. The van der Waals surface area contributed by atoms with Crippen molar-refractivity contribution >= 4 is 34.8 Å². The summed E-state index contributed by atoms with van der Waals surface area (Å²) in [5.74, 6) is -0.275. The van der Waals surface area contributed by atoms with E-state index in [1.165, 1.54) is 0 Å². The lowest BCUT2D eigenvalue weighted by atomic mass is 10.2. The zero-order valence-electron chi connectivity index (χ0n) is 10.8. The number of fused-ring (bicyclic) bond motifs is 1. The Bertz CT molecular complexity index is 801. The van der Waals surface area contributed by atoms with Gasteiger partial charge in [-0.25, -0.2) is 4.98 Å². The van der Waals surface area contributed by atoms with Gasteiger partial charge >= 0.3 is 0 Å². The lowest BCUT2D eigenvalue weighted by Crippen LogP contribution is -2.23. The van der Waals surface area contributed by atoms with Crippen LogP contribution in [-0.2, 0) is 6.54 Å². The molecule has 7 heteroatoms. The lowest BCUT2D eigenvalue weighted by Gasteiger charge is -2.02. The summed E-state index contributed by atoms with van der Waals surface area (Å²) in [6, 6.07) is 5.26. The summed E-state index contributed by atoms with van der Waals surface area (Å²) in [7, 11) is 0. The molecule has 0 saturated heterocycles. The highest BCUT2D eigenvalue weighted by atomic mass is 35.5. The van der Waals surface area contributed by atoms with Crippen LogP contribution in [0.3, 0.4) is 0 Å².